The van der Waals surface area contributed by atoms with E-state index >= 15 is 0 Å². The van der Waals surface area contributed by atoms with Gasteiger partial charge in [-0.1, -0.05) is 35.9 Å². The predicted octanol–water partition coefficient (Wildman–Crippen LogP) is 5.36. The van der Waals surface area contributed by atoms with Crippen LogP contribution in [0.15, 0.2) is 66.7 Å². The van der Waals surface area contributed by atoms with Crippen molar-refractivity contribution in [1.82, 2.24) is 14.3 Å². The number of rotatable bonds is 6. The maximum absolute atomic E-state index is 11.3. The van der Waals surface area contributed by atoms with Gasteiger partial charge in [-0.15, -0.1) is 0 Å². The minimum Gasteiger partial charge on any atom is -0.497 e. The second-order valence-corrected chi connectivity index (χ2v) is 8.80. The van der Waals surface area contributed by atoms with E-state index in [-0.39, 0.29) is 5.92 Å². The van der Waals surface area contributed by atoms with Gasteiger partial charge in [0.2, 0.25) is 6.41 Å². The fourth-order valence-electron chi connectivity index (χ4n) is 4.54. The normalized spacial score (nSPS) is 15.1. The lowest BCUT2D eigenvalue weighted by atomic mass is 9.97. The molecule has 1 unspecified atom stereocenters. The molecular formula is C29H33N3O4. The minimum atomic E-state index is 0.173. The second kappa shape index (κ2) is 11.6. The summed E-state index contributed by atoms with van der Waals surface area (Å²) in [6.45, 7) is 3.54. The van der Waals surface area contributed by atoms with E-state index in [9.17, 15) is 4.79 Å². The third-order valence-corrected chi connectivity index (χ3v) is 6.43. The molecule has 0 radical (unpaired) electrons. The Morgan fingerprint density at radius 1 is 0.917 bits per heavy atom. The highest BCUT2D eigenvalue weighted by atomic mass is 16.5. The van der Waals surface area contributed by atoms with Gasteiger partial charge in [-0.25, -0.2) is 4.98 Å². The van der Waals surface area contributed by atoms with Crippen LogP contribution in [0, 0.1) is 6.92 Å². The summed E-state index contributed by atoms with van der Waals surface area (Å²) >= 11 is 0. The summed E-state index contributed by atoms with van der Waals surface area (Å²) in [6.07, 6.45) is 2.91. The Bertz CT molecular complexity index is 1300. The molecule has 1 saturated heterocycles. The predicted molar refractivity (Wildman–Crippen MR) is 141 cm³/mol. The highest BCUT2D eigenvalue weighted by Crippen LogP contribution is 2.35. The van der Waals surface area contributed by atoms with Crippen molar-refractivity contribution in [2.24, 2.45) is 0 Å². The van der Waals surface area contributed by atoms with Gasteiger partial charge in [-0.05, 0) is 56.2 Å². The van der Waals surface area contributed by atoms with Crippen molar-refractivity contribution < 1.29 is 19.0 Å². The number of likely N-dealkylation sites (tertiary alicyclic amines) is 1. The topological polar surface area (TPSA) is 65.3 Å². The number of ether oxygens (including phenoxy) is 3. The number of benzene rings is 2. The number of aryl methyl sites for hydroxylation is 1. The smallest absolute Gasteiger partial charge is 0.209 e. The van der Waals surface area contributed by atoms with Crippen LogP contribution in [0.25, 0.3) is 16.8 Å². The summed E-state index contributed by atoms with van der Waals surface area (Å²) in [7, 11) is 5.00. The third kappa shape index (κ3) is 5.46. The van der Waals surface area contributed by atoms with E-state index in [4.69, 9.17) is 19.2 Å². The molecule has 188 valence electrons. The van der Waals surface area contributed by atoms with E-state index in [1.54, 1.807) is 21.3 Å². The molecule has 0 aliphatic carbocycles. The molecule has 2 aromatic carbocycles. The quantitative estimate of drug-likeness (QED) is 0.343. The lowest BCUT2D eigenvalue weighted by molar-refractivity contribution is -0.119. The van der Waals surface area contributed by atoms with Crippen molar-refractivity contribution in [2.75, 3.05) is 34.4 Å². The zero-order valence-electron chi connectivity index (χ0n) is 21.3. The molecule has 0 N–H and O–H groups in total. The first-order valence-electron chi connectivity index (χ1n) is 12.1. The van der Waals surface area contributed by atoms with Crippen LogP contribution in [-0.4, -0.2) is 55.1 Å². The van der Waals surface area contributed by atoms with Crippen LogP contribution in [0.4, 0.5) is 0 Å². The molecule has 0 bridgehead atoms. The Morgan fingerprint density at radius 3 is 2.36 bits per heavy atom. The molecule has 3 heterocycles. The number of carbonyl (C=O) groups excluding carboxylic acids is 1. The zero-order valence-corrected chi connectivity index (χ0v) is 21.3. The highest BCUT2D eigenvalue weighted by Gasteiger charge is 2.27. The fraction of sp³-hybridized carbons (Fsp3) is 0.310. The van der Waals surface area contributed by atoms with Crippen LogP contribution in [0.3, 0.4) is 0 Å². The number of amides is 1. The molecule has 0 saturated carbocycles. The average Bonchev–Trinajstić information content (AvgIpc) is 3.34. The van der Waals surface area contributed by atoms with Crippen LogP contribution >= 0.6 is 0 Å². The van der Waals surface area contributed by atoms with Crippen LogP contribution in [0.2, 0.25) is 0 Å². The van der Waals surface area contributed by atoms with E-state index < -0.39 is 0 Å². The van der Waals surface area contributed by atoms with Gasteiger partial charge in [0.15, 0.2) is 5.88 Å². The highest BCUT2D eigenvalue weighted by molar-refractivity contribution is 5.79. The minimum absolute atomic E-state index is 0.173. The second-order valence-electron chi connectivity index (χ2n) is 8.80. The molecule has 0 spiro atoms. The van der Waals surface area contributed by atoms with Gasteiger partial charge in [0, 0.05) is 24.6 Å². The van der Waals surface area contributed by atoms with E-state index in [1.165, 1.54) is 5.56 Å². The van der Waals surface area contributed by atoms with Gasteiger partial charge < -0.3 is 19.1 Å². The largest absolute Gasteiger partial charge is 0.497 e. The van der Waals surface area contributed by atoms with Gasteiger partial charge >= 0.3 is 0 Å². The molecule has 7 nitrogen and oxygen atoms in total. The number of fused-ring (bicyclic) bond motifs is 1. The first-order valence-corrected chi connectivity index (χ1v) is 12.1. The van der Waals surface area contributed by atoms with Gasteiger partial charge in [0.25, 0.3) is 0 Å². The van der Waals surface area contributed by atoms with Crippen molar-refractivity contribution in [3.05, 3.63) is 78.1 Å². The number of aromatic nitrogens is 2. The SMILES string of the molecule is COc1ccc(C)cc1.COc1cccc(-c2nc(C3CCCN(C=O)C3)n3c(OC)cccc23)c1. The van der Waals surface area contributed by atoms with E-state index in [0.717, 1.165) is 65.8 Å². The van der Waals surface area contributed by atoms with Crippen molar-refractivity contribution in [3.8, 4) is 28.6 Å². The molecule has 1 aliphatic heterocycles. The summed E-state index contributed by atoms with van der Waals surface area (Å²) < 4.78 is 18.0. The molecule has 1 amide bonds. The Kier molecular flexibility index (Phi) is 8.10. The maximum atomic E-state index is 11.3. The van der Waals surface area contributed by atoms with Gasteiger partial charge in [-0.2, -0.15) is 0 Å². The molecule has 1 fully saturated rings. The zero-order chi connectivity index (χ0) is 25.5. The monoisotopic (exact) mass is 487 g/mol. The van der Waals surface area contributed by atoms with Crippen molar-refractivity contribution >= 4 is 11.9 Å². The number of hydrogen-bond acceptors (Lipinski definition) is 5. The van der Waals surface area contributed by atoms with Crippen molar-refractivity contribution in [2.45, 2.75) is 25.7 Å². The number of nitrogens with zero attached hydrogens (tertiary/aromatic N) is 3. The Labute approximate surface area is 212 Å². The van der Waals surface area contributed by atoms with E-state index in [2.05, 4.69) is 11.3 Å². The van der Waals surface area contributed by atoms with Crippen molar-refractivity contribution in [3.63, 3.8) is 0 Å². The molecular weight excluding hydrogens is 454 g/mol. The third-order valence-electron chi connectivity index (χ3n) is 6.43. The lowest BCUT2D eigenvalue weighted by Gasteiger charge is -2.29. The van der Waals surface area contributed by atoms with Crippen LogP contribution in [0.5, 0.6) is 17.4 Å². The van der Waals surface area contributed by atoms with Gasteiger partial charge in [-0.3, -0.25) is 9.20 Å². The summed E-state index contributed by atoms with van der Waals surface area (Å²) in [4.78, 5) is 18.1. The van der Waals surface area contributed by atoms with E-state index in [1.807, 2.05) is 71.6 Å². The summed E-state index contributed by atoms with van der Waals surface area (Å²) in [6, 6.07) is 21.8. The van der Waals surface area contributed by atoms with Crippen LogP contribution < -0.4 is 14.2 Å². The summed E-state index contributed by atoms with van der Waals surface area (Å²) in [5.74, 6) is 3.56. The standard InChI is InChI=1S/C21H23N3O3.C8H10O/c1-26-17-8-3-6-15(12-17)20-18-9-4-10-19(27-2)24(18)21(22-20)16-7-5-11-23(13-16)14-25;1-7-3-5-8(9-2)6-4-7/h3-4,6,8-10,12,14,16H,5,7,11,13H2,1-2H3;3-6H,1-2H3. The Hall–Kier alpha value is -4.00. The number of carbonyl (C=O) groups is 1. The van der Waals surface area contributed by atoms with Crippen molar-refractivity contribution in [1.29, 1.82) is 0 Å². The molecule has 7 heteroatoms. The Balaban J connectivity index is 0.000000286. The summed E-state index contributed by atoms with van der Waals surface area (Å²) in [5.41, 5.74) is 4.14. The maximum Gasteiger partial charge on any atom is 0.209 e. The molecule has 4 aromatic rings. The van der Waals surface area contributed by atoms with Crippen LogP contribution in [0.1, 0.15) is 30.1 Å². The number of hydrogen-bond donors (Lipinski definition) is 0. The molecule has 36 heavy (non-hydrogen) atoms. The number of piperidine rings is 1. The molecule has 1 aliphatic rings. The van der Waals surface area contributed by atoms with E-state index in [0.29, 0.717) is 6.54 Å². The average molecular weight is 488 g/mol. The first kappa shape index (κ1) is 25.1. The molecule has 2 aromatic heterocycles. The molecule has 1 atom stereocenters. The summed E-state index contributed by atoms with van der Waals surface area (Å²) in [5, 5.41) is 0. The fourth-order valence-corrected chi connectivity index (χ4v) is 4.54. The van der Waals surface area contributed by atoms with Gasteiger partial charge in [0.05, 0.1) is 32.5 Å². The lowest BCUT2D eigenvalue weighted by Crippen LogP contribution is -2.33. The van der Waals surface area contributed by atoms with Crippen LogP contribution in [-0.2, 0) is 4.79 Å². The number of pyridine rings is 1. The number of methoxy groups -OCH3 is 3. The Morgan fingerprint density at radius 2 is 1.67 bits per heavy atom. The molecule has 5 rings (SSSR count). The number of imidazole rings is 1. The van der Waals surface area contributed by atoms with Gasteiger partial charge in [0.1, 0.15) is 17.3 Å². The first-order chi connectivity index (χ1) is 17.6.